The van der Waals surface area contributed by atoms with Crippen molar-refractivity contribution in [1.29, 1.82) is 5.26 Å². The SMILES string of the molecule is CC(C)(C)OC(=O)[C@H]1CCN(Cc2ccccc2)[C@H]1/C=C\C#N. The van der Waals surface area contributed by atoms with Gasteiger partial charge in [0.25, 0.3) is 0 Å². The van der Waals surface area contributed by atoms with Gasteiger partial charge in [-0.15, -0.1) is 0 Å². The number of hydrogen-bond acceptors (Lipinski definition) is 4. The largest absolute Gasteiger partial charge is 0.460 e. The number of ether oxygens (including phenoxy) is 1. The average molecular weight is 312 g/mol. The highest BCUT2D eigenvalue weighted by Crippen LogP contribution is 2.29. The van der Waals surface area contributed by atoms with E-state index in [-0.39, 0.29) is 17.9 Å². The second kappa shape index (κ2) is 7.43. The third-order valence-electron chi connectivity index (χ3n) is 3.87. The van der Waals surface area contributed by atoms with E-state index in [4.69, 9.17) is 10.00 Å². The summed E-state index contributed by atoms with van der Waals surface area (Å²) in [4.78, 5) is 14.7. The lowest BCUT2D eigenvalue weighted by Crippen LogP contribution is -2.37. The highest BCUT2D eigenvalue weighted by atomic mass is 16.6. The third kappa shape index (κ3) is 4.94. The molecular weight excluding hydrogens is 288 g/mol. The van der Waals surface area contributed by atoms with Gasteiger partial charge in [-0.05, 0) is 32.8 Å². The zero-order valence-corrected chi connectivity index (χ0v) is 14.0. The van der Waals surface area contributed by atoms with E-state index in [0.29, 0.717) is 0 Å². The maximum Gasteiger partial charge on any atom is 0.311 e. The summed E-state index contributed by atoms with van der Waals surface area (Å²) in [5.74, 6) is -0.400. The van der Waals surface area contributed by atoms with Gasteiger partial charge in [0, 0.05) is 25.2 Å². The van der Waals surface area contributed by atoms with Crippen molar-refractivity contribution in [2.45, 2.75) is 45.4 Å². The first kappa shape index (κ1) is 17.2. The van der Waals surface area contributed by atoms with Gasteiger partial charge >= 0.3 is 5.97 Å². The number of nitrogens with zero attached hydrogens (tertiary/aromatic N) is 2. The van der Waals surface area contributed by atoms with Crippen molar-refractivity contribution in [3.63, 3.8) is 0 Å². The van der Waals surface area contributed by atoms with E-state index in [1.54, 1.807) is 0 Å². The molecule has 23 heavy (non-hydrogen) atoms. The minimum Gasteiger partial charge on any atom is -0.460 e. The van der Waals surface area contributed by atoms with Crippen LogP contribution in [0.1, 0.15) is 32.8 Å². The topological polar surface area (TPSA) is 53.3 Å². The van der Waals surface area contributed by atoms with Gasteiger partial charge in [0.2, 0.25) is 0 Å². The van der Waals surface area contributed by atoms with E-state index in [1.165, 1.54) is 11.6 Å². The Morgan fingerprint density at radius 1 is 1.39 bits per heavy atom. The molecule has 0 amide bonds. The van der Waals surface area contributed by atoms with Crippen LogP contribution in [0.4, 0.5) is 0 Å². The normalized spacial score (nSPS) is 22.2. The molecule has 1 aromatic rings. The van der Waals surface area contributed by atoms with Gasteiger partial charge in [0.15, 0.2) is 0 Å². The molecule has 122 valence electrons. The number of carbonyl (C=O) groups is 1. The Hall–Kier alpha value is -2.12. The Kier molecular flexibility index (Phi) is 5.57. The van der Waals surface area contributed by atoms with Crippen LogP contribution < -0.4 is 0 Å². The molecule has 4 nitrogen and oxygen atoms in total. The Bertz CT molecular complexity index is 596. The monoisotopic (exact) mass is 312 g/mol. The van der Waals surface area contributed by atoms with Crippen LogP contribution in [0.25, 0.3) is 0 Å². The standard InChI is InChI=1S/C19H24N2O2/c1-19(2,3)23-18(22)16-11-13-21(17(16)10-7-12-20)14-15-8-5-4-6-9-15/h4-10,16-17H,11,13-14H2,1-3H3/b10-7-/t16-,17-/m0/s1. The number of carbonyl (C=O) groups excluding carboxylic acids is 1. The number of benzene rings is 1. The lowest BCUT2D eigenvalue weighted by Gasteiger charge is -2.27. The summed E-state index contributed by atoms with van der Waals surface area (Å²) < 4.78 is 5.55. The van der Waals surface area contributed by atoms with E-state index in [0.717, 1.165) is 19.5 Å². The maximum atomic E-state index is 12.5. The highest BCUT2D eigenvalue weighted by Gasteiger charge is 2.39. The Balaban J connectivity index is 2.13. The van der Waals surface area contributed by atoms with Crippen LogP contribution in [0.2, 0.25) is 0 Å². The second-order valence-corrected chi connectivity index (χ2v) is 6.86. The van der Waals surface area contributed by atoms with Gasteiger partial charge in [-0.3, -0.25) is 9.69 Å². The molecule has 1 fully saturated rings. The van der Waals surface area contributed by atoms with E-state index in [2.05, 4.69) is 17.0 Å². The number of hydrogen-bond donors (Lipinski definition) is 0. The molecule has 0 saturated carbocycles. The van der Waals surface area contributed by atoms with Crippen LogP contribution in [0.15, 0.2) is 42.5 Å². The van der Waals surface area contributed by atoms with E-state index in [1.807, 2.05) is 51.1 Å². The smallest absolute Gasteiger partial charge is 0.311 e. The fourth-order valence-corrected chi connectivity index (χ4v) is 2.91. The fourth-order valence-electron chi connectivity index (χ4n) is 2.91. The van der Waals surface area contributed by atoms with Crippen molar-refractivity contribution in [1.82, 2.24) is 4.90 Å². The molecule has 0 unspecified atom stereocenters. The fraction of sp³-hybridized carbons (Fsp3) is 0.474. The molecular formula is C19H24N2O2. The first-order chi connectivity index (χ1) is 10.9. The zero-order valence-electron chi connectivity index (χ0n) is 14.0. The molecule has 0 aliphatic carbocycles. The minimum absolute atomic E-state index is 0.0929. The Morgan fingerprint density at radius 3 is 2.70 bits per heavy atom. The number of esters is 1. The summed E-state index contributed by atoms with van der Waals surface area (Å²) in [5, 5.41) is 8.84. The van der Waals surface area contributed by atoms with Gasteiger partial charge in [-0.1, -0.05) is 36.4 Å². The molecule has 0 bridgehead atoms. The van der Waals surface area contributed by atoms with Crippen molar-refractivity contribution < 1.29 is 9.53 Å². The maximum absolute atomic E-state index is 12.5. The first-order valence-corrected chi connectivity index (χ1v) is 7.98. The van der Waals surface area contributed by atoms with Gasteiger partial charge in [-0.2, -0.15) is 5.26 Å². The van der Waals surface area contributed by atoms with Gasteiger partial charge in [-0.25, -0.2) is 0 Å². The molecule has 1 aliphatic rings. The van der Waals surface area contributed by atoms with Crippen LogP contribution in [0.3, 0.4) is 0 Å². The van der Waals surface area contributed by atoms with Crippen molar-refractivity contribution in [3.05, 3.63) is 48.0 Å². The lowest BCUT2D eigenvalue weighted by atomic mass is 9.99. The highest BCUT2D eigenvalue weighted by molar-refractivity contribution is 5.74. The summed E-state index contributed by atoms with van der Waals surface area (Å²) >= 11 is 0. The van der Waals surface area contributed by atoms with Crippen LogP contribution in [0, 0.1) is 17.2 Å². The van der Waals surface area contributed by atoms with Crippen molar-refractivity contribution >= 4 is 5.97 Å². The predicted octanol–water partition coefficient (Wildman–Crippen LogP) is 3.30. The van der Waals surface area contributed by atoms with Crippen LogP contribution in [-0.2, 0) is 16.1 Å². The Morgan fingerprint density at radius 2 is 2.09 bits per heavy atom. The van der Waals surface area contributed by atoms with Gasteiger partial charge in [0.1, 0.15) is 5.60 Å². The predicted molar refractivity (Wildman–Crippen MR) is 89.3 cm³/mol. The molecule has 0 aromatic heterocycles. The number of nitriles is 1. The summed E-state index contributed by atoms with van der Waals surface area (Å²) in [6, 6.07) is 12.1. The zero-order chi connectivity index (χ0) is 16.9. The molecule has 0 spiro atoms. The average Bonchev–Trinajstić information content (AvgIpc) is 2.87. The number of allylic oxidation sites excluding steroid dienone is 1. The molecule has 1 heterocycles. The second-order valence-electron chi connectivity index (χ2n) is 6.86. The third-order valence-corrected chi connectivity index (χ3v) is 3.87. The van der Waals surface area contributed by atoms with Gasteiger partial charge < -0.3 is 4.74 Å². The summed E-state index contributed by atoms with van der Waals surface area (Å²) in [7, 11) is 0. The summed E-state index contributed by atoms with van der Waals surface area (Å²) in [6.45, 7) is 7.21. The van der Waals surface area contributed by atoms with Crippen LogP contribution >= 0.6 is 0 Å². The molecule has 1 saturated heterocycles. The molecule has 2 atom stereocenters. The van der Waals surface area contributed by atoms with Crippen LogP contribution in [-0.4, -0.2) is 29.1 Å². The van der Waals surface area contributed by atoms with Crippen LogP contribution in [0.5, 0.6) is 0 Å². The summed E-state index contributed by atoms with van der Waals surface area (Å²) in [5.41, 5.74) is 0.709. The van der Waals surface area contributed by atoms with Crippen molar-refractivity contribution in [2.75, 3.05) is 6.54 Å². The Labute approximate surface area is 138 Å². The van der Waals surface area contributed by atoms with E-state index >= 15 is 0 Å². The number of rotatable bonds is 4. The number of likely N-dealkylation sites (tertiary alicyclic amines) is 1. The molecule has 0 radical (unpaired) electrons. The van der Waals surface area contributed by atoms with Crippen molar-refractivity contribution in [2.24, 2.45) is 5.92 Å². The van der Waals surface area contributed by atoms with Gasteiger partial charge in [0.05, 0.1) is 12.0 Å². The molecule has 1 aromatic carbocycles. The minimum atomic E-state index is -0.493. The van der Waals surface area contributed by atoms with E-state index in [9.17, 15) is 4.79 Å². The molecule has 4 heteroatoms. The lowest BCUT2D eigenvalue weighted by molar-refractivity contribution is -0.160. The molecule has 1 aliphatic heterocycles. The molecule has 2 rings (SSSR count). The molecule has 0 N–H and O–H groups in total. The van der Waals surface area contributed by atoms with E-state index < -0.39 is 5.60 Å². The quantitative estimate of drug-likeness (QED) is 0.632. The first-order valence-electron chi connectivity index (χ1n) is 7.98. The van der Waals surface area contributed by atoms with Crippen molar-refractivity contribution in [3.8, 4) is 6.07 Å². The summed E-state index contributed by atoms with van der Waals surface area (Å²) in [6.07, 6.45) is 4.04.